The number of rotatable bonds is 48. The Bertz CT molecular complexity index is 1790. The van der Waals surface area contributed by atoms with Gasteiger partial charge in [-0.1, -0.05) is 180 Å². The van der Waals surface area contributed by atoms with Crippen molar-refractivity contribution in [2.24, 2.45) is 0 Å². The molecule has 14 N–H and O–H groups in total. The third kappa shape index (κ3) is 27.6. The highest BCUT2D eigenvalue weighted by Gasteiger charge is 2.60. The van der Waals surface area contributed by atoms with E-state index in [9.17, 15) is 75.7 Å². The van der Waals surface area contributed by atoms with Crippen molar-refractivity contribution in [3.05, 3.63) is 12.2 Å². The number of aliphatic hydroxyl groups excluding tert-OH is 11. The van der Waals surface area contributed by atoms with Crippen molar-refractivity contribution in [2.45, 2.75) is 336 Å². The van der Waals surface area contributed by atoms with Crippen LogP contribution in [0.5, 0.6) is 0 Å². The number of aliphatic hydroxyl groups is 11. The Morgan fingerprint density at radius 2 is 1.09 bits per heavy atom. The molecule has 3 saturated heterocycles. The highest BCUT2D eigenvalue weighted by atomic mass is 16.8. The maximum Gasteiger partial charge on any atom is 0.364 e. The van der Waals surface area contributed by atoms with Crippen LogP contribution in [-0.2, 0) is 42.8 Å². The third-order valence-corrected chi connectivity index (χ3v) is 16.7. The molecule has 18 atom stereocenters. The van der Waals surface area contributed by atoms with Crippen LogP contribution in [0.25, 0.3) is 0 Å². The molecule has 3 rings (SSSR count). The lowest BCUT2D eigenvalue weighted by molar-refractivity contribution is -0.386. The largest absolute Gasteiger partial charge is 0.477 e. The van der Waals surface area contributed by atoms with Crippen LogP contribution in [0.15, 0.2) is 12.2 Å². The van der Waals surface area contributed by atoms with Gasteiger partial charge in [0.15, 0.2) is 12.6 Å². The van der Waals surface area contributed by atoms with E-state index >= 15 is 0 Å². The minimum atomic E-state index is -3.08. The first-order chi connectivity index (χ1) is 40.9. The first kappa shape index (κ1) is 76.7. The quantitative estimate of drug-likeness (QED) is 0.0298. The average molecular weight is 1220 g/mol. The maximum atomic E-state index is 13.4. The highest BCUT2D eigenvalue weighted by Crippen LogP contribution is 2.38. The van der Waals surface area contributed by atoms with E-state index in [1.165, 1.54) is 109 Å². The van der Waals surface area contributed by atoms with Gasteiger partial charge in [-0.15, -0.1) is 0 Å². The smallest absolute Gasteiger partial charge is 0.364 e. The minimum absolute atomic E-state index is 0.215. The van der Waals surface area contributed by atoms with E-state index in [-0.39, 0.29) is 18.9 Å². The second kappa shape index (κ2) is 44.0. The van der Waals surface area contributed by atoms with Crippen molar-refractivity contribution in [3.8, 4) is 0 Å². The summed E-state index contributed by atoms with van der Waals surface area (Å²) in [7, 11) is 0. The molecule has 0 aromatic rings. The van der Waals surface area contributed by atoms with Gasteiger partial charge in [-0.05, 0) is 38.5 Å². The topological polar surface area (TPSA) is 373 Å². The summed E-state index contributed by atoms with van der Waals surface area (Å²) in [6.45, 7) is 2.18. The molecule has 0 spiro atoms. The van der Waals surface area contributed by atoms with E-state index in [2.05, 4.69) is 36.6 Å². The molecule has 0 saturated carbocycles. The minimum Gasteiger partial charge on any atom is -0.477 e. The molecule has 3 aliphatic heterocycles. The molecule has 2 amide bonds. The molecule has 3 aliphatic rings. The molecule has 0 bridgehead atoms. The molecule has 0 aromatic heterocycles. The standard InChI is InChI=1S/C62H114N2O21/c1-4-6-8-10-12-14-16-18-20-22-24-26-28-30-32-34-36-49(72)64-43(44(69)35-33-31-29-27-25-23-21-19-17-15-13-11-9-7-5-2)41-80-59-54(76)53(75)56(48(40-67)82-59)83-60-55(77)58(52(74)47(39-66)81-60)85-62(61(78)79)37-45(70)50(63-42(3)68)57(84-62)51(73)46(71)38-65/h20,22,43-48,50-60,65-67,69-71,73-77H,4-19,21,23-41H2,1-3H3,(H,63,68)(H,64,72)(H,78,79)/b22-20-. The number of unbranched alkanes of at least 4 members (excludes halogenated alkanes) is 26. The Balaban J connectivity index is 1.64. The fraction of sp³-hybridized carbons (Fsp3) is 0.919. The zero-order valence-electron chi connectivity index (χ0n) is 51.5. The number of hydrogen-bond acceptors (Lipinski definition) is 20. The molecular weight excluding hydrogens is 1110 g/mol. The lowest BCUT2D eigenvalue weighted by Gasteiger charge is -2.50. The van der Waals surface area contributed by atoms with Gasteiger partial charge in [0.1, 0.15) is 67.1 Å². The number of nitrogens with one attached hydrogen (secondary N) is 2. The van der Waals surface area contributed by atoms with Crippen LogP contribution in [-0.4, -0.2) is 215 Å². The summed E-state index contributed by atoms with van der Waals surface area (Å²) in [5, 5.41) is 136. The van der Waals surface area contributed by atoms with Gasteiger partial charge < -0.3 is 100 Å². The van der Waals surface area contributed by atoms with Crippen LogP contribution < -0.4 is 10.6 Å². The molecule has 85 heavy (non-hydrogen) atoms. The molecule has 23 nitrogen and oxygen atoms in total. The van der Waals surface area contributed by atoms with Crippen molar-refractivity contribution in [1.29, 1.82) is 0 Å². The number of amides is 2. The van der Waals surface area contributed by atoms with E-state index in [0.29, 0.717) is 19.3 Å². The fourth-order valence-corrected chi connectivity index (χ4v) is 11.5. The van der Waals surface area contributed by atoms with Gasteiger partial charge in [-0.2, -0.15) is 0 Å². The number of aliphatic carboxylic acids is 1. The first-order valence-electron chi connectivity index (χ1n) is 32.5. The Morgan fingerprint density at radius 3 is 1.59 bits per heavy atom. The van der Waals surface area contributed by atoms with Gasteiger partial charge in [-0.25, -0.2) is 4.79 Å². The number of carbonyl (C=O) groups excluding carboxylic acids is 2. The van der Waals surface area contributed by atoms with Crippen LogP contribution in [0.4, 0.5) is 0 Å². The van der Waals surface area contributed by atoms with Crippen LogP contribution in [0.1, 0.15) is 226 Å². The van der Waals surface area contributed by atoms with Gasteiger partial charge >= 0.3 is 5.97 Å². The summed E-state index contributed by atoms with van der Waals surface area (Å²) in [5.41, 5.74) is 0. The number of hydrogen-bond donors (Lipinski definition) is 14. The summed E-state index contributed by atoms with van der Waals surface area (Å²) in [6.07, 6.45) is 9.35. The molecule has 0 aliphatic carbocycles. The summed E-state index contributed by atoms with van der Waals surface area (Å²) in [5.74, 6) is -6.11. The first-order valence-corrected chi connectivity index (χ1v) is 32.5. The van der Waals surface area contributed by atoms with Gasteiger partial charge in [0.2, 0.25) is 11.8 Å². The number of carbonyl (C=O) groups is 3. The Morgan fingerprint density at radius 1 is 0.600 bits per heavy atom. The van der Waals surface area contributed by atoms with Gasteiger partial charge in [0.05, 0.1) is 50.7 Å². The SMILES string of the molecule is CCCCCCCCC/C=C\CCCCCCCC(=O)NC(COC1OC(CO)C(OC2OC(CO)C(O)C(OC3(C(=O)O)CC(O)C(NC(C)=O)C(C(O)C(O)CO)O3)C2O)C(O)C1O)C(O)CCCCCCCCCCCCCCCCC. The number of allylic oxidation sites excluding steroid dienone is 2. The molecule has 0 aromatic carbocycles. The van der Waals surface area contributed by atoms with E-state index in [1.54, 1.807) is 0 Å². The van der Waals surface area contributed by atoms with Crippen molar-refractivity contribution < 1.29 is 104 Å². The van der Waals surface area contributed by atoms with Crippen LogP contribution >= 0.6 is 0 Å². The maximum absolute atomic E-state index is 13.4. The van der Waals surface area contributed by atoms with Gasteiger partial charge in [0.25, 0.3) is 5.79 Å². The van der Waals surface area contributed by atoms with E-state index in [4.69, 9.17) is 28.4 Å². The van der Waals surface area contributed by atoms with Crippen LogP contribution in [0.3, 0.4) is 0 Å². The summed E-state index contributed by atoms with van der Waals surface area (Å²) in [6, 6.07) is -2.53. The van der Waals surface area contributed by atoms with Crippen LogP contribution in [0.2, 0.25) is 0 Å². The Kier molecular flexibility index (Phi) is 39.7. The number of carboxylic acid groups (broad SMARTS) is 1. The highest BCUT2D eigenvalue weighted by molar-refractivity contribution is 5.77. The number of carboxylic acids is 1. The normalized spacial score (nSPS) is 29.6. The Hall–Kier alpha value is -2.53. The zero-order chi connectivity index (χ0) is 62.6. The lowest BCUT2D eigenvalue weighted by Crippen LogP contribution is -2.70. The molecular formula is C62H114N2O21. The van der Waals surface area contributed by atoms with E-state index in [1.807, 2.05) is 0 Å². The van der Waals surface area contributed by atoms with Crippen molar-refractivity contribution in [3.63, 3.8) is 0 Å². The van der Waals surface area contributed by atoms with Gasteiger partial charge in [0, 0.05) is 19.8 Å². The van der Waals surface area contributed by atoms with Crippen molar-refractivity contribution in [1.82, 2.24) is 10.6 Å². The predicted molar refractivity (Wildman–Crippen MR) is 315 cm³/mol. The second-order valence-electron chi connectivity index (χ2n) is 24.0. The molecule has 23 heteroatoms. The van der Waals surface area contributed by atoms with Gasteiger partial charge in [-0.3, -0.25) is 9.59 Å². The molecule has 18 unspecified atom stereocenters. The monoisotopic (exact) mass is 1220 g/mol. The molecule has 0 radical (unpaired) electrons. The molecule has 3 fully saturated rings. The van der Waals surface area contributed by atoms with Crippen molar-refractivity contribution >= 4 is 17.8 Å². The predicted octanol–water partition coefficient (Wildman–Crippen LogP) is 4.34. The average Bonchev–Trinajstić information content (AvgIpc) is 1.31. The summed E-state index contributed by atoms with van der Waals surface area (Å²) in [4.78, 5) is 38.5. The molecule has 3 heterocycles. The van der Waals surface area contributed by atoms with E-state index < -0.39 is 148 Å². The second-order valence-corrected chi connectivity index (χ2v) is 24.0. The molecule has 498 valence electrons. The zero-order valence-corrected chi connectivity index (χ0v) is 51.5. The van der Waals surface area contributed by atoms with E-state index in [0.717, 1.165) is 71.1 Å². The summed E-state index contributed by atoms with van der Waals surface area (Å²) >= 11 is 0. The summed E-state index contributed by atoms with van der Waals surface area (Å²) < 4.78 is 34.8. The Labute approximate surface area is 505 Å². The fourth-order valence-electron chi connectivity index (χ4n) is 11.5. The van der Waals surface area contributed by atoms with Crippen LogP contribution in [0, 0.1) is 0 Å². The third-order valence-electron chi connectivity index (χ3n) is 16.7. The lowest BCUT2D eigenvalue weighted by atomic mass is 9.88. The van der Waals surface area contributed by atoms with Crippen molar-refractivity contribution in [2.75, 3.05) is 26.4 Å². The number of ether oxygens (including phenoxy) is 6.